The lowest BCUT2D eigenvalue weighted by Crippen LogP contribution is -2.23. The van der Waals surface area contributed by atoms with Crippen LogP contribution in [0.1, 0.15) is 19.4 Å². The van der Waals surface area contributed by atoms with Crippen molar-refractivity contribution in [3.8, 4) is 22.9 Å². The number of aliphatic carboxylic acids is 1. The zero-order valence-electron chi connectivity index (χ0n) is 19.0. The summed E-state index contributed by atoms with van der Waals surface area (Å²) >= 11 is 6.40. The SMILES string of the molecule is CCOc1cc(C=Nn2c(-c3ccccc3)nc3ccccc3c2=O)cc(Cl)c1O[C@H](C)C(=O)O. The molecule has 8 nitrogen and oxygen atoms in total. The van der Waals surface area contributed by atoms with Gasteiger partial charge in [-0.15, -0.1) is 0 Å². The van der Waals surface area contributed by atoms with E-state index in [1.54, 1.807) is 37.3 Å². The predicted molar refractivity (Wildman–Crippen MR) is 135 cm³/mol. The fraction of sp³-hybridized carbons (Fsp3) is 0.154. The van der Waals surface area contributed by atoms with E-state index >= 15 is 0 Å². The zero-order chi connectivity index (χ0) is 24.9. The van der Waals surface area contributed by atoms with E-state index in [4.69, 9.17) is 21.1 Å². The van der Waals surface area contributed by atoms with E-state index in [0.29, 0.717) is 28.9 Å². The standard InChI is InChI=1S/C26H22ClN3O5/c1-3-34-22-14-17(13-20(27)23(22)35-16(2)26(32)33)15-28-30-24(18-9-5-4-6-10-18)29-21-12-8-7-11-19(21)25(30)31/h4-16H,3H2,1-2H3,(H,32,33)/t16-/m1/s1. The van der Waals surface area contributed by atoms with Gasteiger partial charge >= 0.3 is 5.97 Å². The molecule has 0 saturated carbocycles. The van der Waals surface area contributed by atoms with Crippen LogP contribution >= 0.6 is 11.6 Å². The average molecular weight is 492 g/mol. The van der Waals surface area contributed by atoms with E-state index in [0.717, 1.165) is 5.56 Å². The van der Waals surface area contributed by atoms with Crippen LogP contribution in [0.2, 0.25) is 5.02 Å². The summed E-state index contributed by atoms with van der Waals surface area (Å²) in [6.45, 7) is 3.49. The lowest BCUT2D eigenvalue weighted by atomic mass is 10.2. The van der Waals surface area contributed by atoms with E-state index < -0.39 is 12.1 Å². The van der Waals surface area contributed by atoms with Gasteiger partial charge in [-0.05, 0) is 43.7 Å². The highest BCUT2D eigenvalue weighted by Gasteiger charge is 2.19. The van der Waals surface area contributed by atoms with Crippen LogP contribution in [0.15, 0.2) is 76.6 Å². The normalized spacial score (nSPS) is 12.1. The molecule has 3 aromatic carbocycles. The van der Waals surface area contributed by atoms with Gasteiger partial charge in [-0.1, -0.05) is 54.1 Å². The molecule has 35 heavy (non-hydrogen) atoms. The fourth-order valence-electron chi connectivity index (χ4n) is 3.40. The Kier molecular flexibility index (Phi) is 7.12. The summed E-state index contributed by atoms with van der Waals surface area (Å²) in [6.07, 6.45) is 0.338. The first-order valence-electron chi connectivity index (χ1n) is 10.9. The second-order valence-electron chi connectivity index (χ2n) is 7.54. The Morgan fingerprint density at radius 3 is 2.60 bits per heavy atom. The highest BCUT2D eigenvalue weighted by molar-refractivity contribution is 6.32. The van der Waals surface area contributed by atoms with Crippen molar-refractivity contribution in [2.24, 2.45) is 5.10 Å². The van der Waals surface area contributed by atoms with Crippen LogP contribution < -0.4 is 15.0 Å². The van der Waals surface area contributed by atoms with Gasteiger partial charge in [0, 0.05) is 5.56 Å². The number of benzene rings is 3. The minimum atomic E-state index is -1.13. The molecule has 178 valence electrons. The average Bonchev–Trinajstić information content (AvgIpc) is 2.86. The number of halogens is 1. The third-order valence-electron chi connectivity index (χ3n) is 5.08. The molecule has 0 amide bonds. The second-order valence-corrected chi connectivity index (χ2v) is 7.95. The molecule has 4 rings (SSSR count). The number of hydrogen-bond acceptors (Lipinski definition) is 6. The van der Waals surface area contributed by atoms with Gasteiger partial charge in [0.05, 0.1) is 28.7 Å². The van der Waals surface area contributed by atoms with E-state index in [1.165, 1.54) is 17.8 Å². The van der Waals surface area contributed by atoms with E-state index in [1.807, 2.05) is 36.4 Å². The topological polar surface area (TPSA) is 103 Å². The van der Waals surface area contributed by atoms with Gasteiger partial charge in [0.2, 0.25) is 0 Å². The van der Waals surface area contributed by atoms with Crippen molar-refractivity contribution in [2.45, 2.75) is 20.0 Å². The van der Waals surface area contributed by atoms with Gasteiger partial charge in [-0.3, -0.25) is 4.79 Å². The van der Waals surface area contributed by atoms with Crippen molar-refractivity contribution in [1.82, 2.24) is 9.66 Å². The van der Waals surface area contributed by atoms with E-state index in [2.05, 4.69) is 10.1 Å². The number of rotatable bonds is 8. The summed E-state index contributed by atoms with van der Waals surface area (Å²) in [5.74, 6) is -0.361. The van der Waals surface area contributed by atoms with E-state index in [-0.39, 0.29) is 22.1 Å². The first-order chi connectivity index (χ1) is 16.9. The van der Waals surface area contributed by atoms with Crippen LogP contribution in [0.4, 0.5) is 0 Å². The molecule has 1 heterocycles. The monoisotopic (exact) mass is 491 g/mol. The van der Waals surface area contributed by atoms with Crippen LogP contribution in [0.3, 0.4) is 0 Å². The molecule has 0 aliphatic heterocycles. The van der Waals surface area contributed by atoms with Crippen molar-refractivity contribution in [3.63, 3.8) is 0 Å². The minimum absolute atomic E-state index is 0.120. The van der Waals surface area contributed by atoms with Crippen LogP contribution in [-0.4, -0.2) is 39.7 Å². The van der Waals surface area contributed by atoms with Crippen LogP contribution in [0.25, 0.3) is 22.3 Å². The van der Waals surface area contributed by atoms with E-state index in [9.17, 15) is 14.7 Å². The largest absolute Gasteiger partial charge is 0.490 e. The van der Waals surface area contributed by atoms with Gasteiger partial charge in [0.25, 0.3) is 5.56 Å². The molecule has 0 aliphatic rings. The van der Waals surface area contributed by atoms with Crippen molar-refractivity contribution >= 4 is 34.7 Å². The number of nitrogens with zero attached hydrogens (tertiary/aromatic N) is 3. The van der Waals surface area contributed by atoms with Crippen LogP contribution in [0, 0.1) is 0 Å². The van der Waals surface area contributed by atoms with Gasteiger partial charge in [-0.2, -0.15) is 9.78 Å². The second kappa shape index (κ2) is 10.4. The van der Waals surface area contributed by atoms with Gasteiger partial charge in [-0.25, -0.2) is 9.78 Å². The Morgan fingerprint density at radius 1 is 1.17 bits per heavy atom. The Balaban J connectivity index is 1.82. The maximum Gasteiger partial charge on any atom is 0.344 e. The molecular formula is C26H22ClN3O5. The van der Waals surface area contributed by atoms with Crippen LogP contribution in [-0.2, 0) is 4.79 Å². The molecule has 1 N–H and O–H groups in total. The summed E-state index contributed by atoms with van der Waals surface area (Å²) in [4.78, 5) is 29.2. The Labute approximate surface area is 206 Å². The molecule has 0 spiro atoms. The van der Waals surface area contributed by atoms with Gasteiger partial charge in [0.15, 0.2) is 23.4 Å². The van der Waals surface area contributed by atoms with Crippen molar-refractivity contribution < 1.29 is 19.4 Å². The predicted octanol–water partition coefficient (Wildman–Crippen LogP) is 4.85. The Morgan fingerprint density at radius 2 is 1.89 bits per heavy atom. The summed E-state index contributed by atoms with van der Waals surface area (Å²) < 4.78 is 12.3. The molecule has 0 saturated heterocycles. The first kappa shape index (κ1) is 24.0. The molecule has 0 fully saturated rings. The summed E-state index contributed by atoms with van der Waals surface area (Å²) in [6, 6.07) is 19.5. The summed E-state index contributed by atoms with van der Waals surface area (Å²) in [7, 11) is 0. The molecule has 0 aliphatic carbocycles. The number of carboxylic acids is 1. The van der Waals surface area contributed by atoms with Gasteiger partial charge in [0.1, 0.15) is 0 Å². The fourth-order valence-corrected chi connectivity index (χ4v) is 3.66. The molecule has 0 bridgehead atoms. The quantitative estimate of drug-likeness (QED) is 0.353. The number of carboxylic acid groups (broad SMARTS) is 1. The Hall–Kier alpha value is -4.17. The van der Waals surface area contributed by atoms with Crippen molar-refractivity contribution in [1.29, 1.82) is 0 Å². The highest BCUT2D eigenvalue weighted by atomic mass is 35.5. The third kappa shape index (κ3) is 5.17. The number of ether oxygens (including phenoxy) is 2. The highest BCUT2D eigenvalue weighted by Crippen LogP contribution is 2.37. The number of fused-ring (bicyclic) bond motifs is 1. The number of hydrogen-bond donors (Lipinski definition) is 1. The first-order valence-corrected chi connectivity index (χ1v) is 11.2. The molecule has 1 aromatic heterocycles. The number of carbonyl (C=O) groups is 1. The number of para-hydroxylation sites is 1. The maximum atomic E-state index is 13.3. The molecule has 4 aromatic rings. The molecule has 0 radical (unpaired) electrons. The van der Waals surface area contributed by atoms with Crippen molar-refractivity contribution in [2.75, 3.05) is 6.61 Å². The smallest absolute Gasteiger partial charge is 0.344 e. The molecule has 0 unspecified atom stereocenters. The summed E-state index contributed by atoms with van der Waals surface area (Å²) in [5, 5.41) is 14.2. The molecular weight excluding hydrogens is 470 g/mol. The minimum Gasteiger partial charge on any atom is -0.490 e. The zero-order valence-corrected chi connectivity index (χ0v) is 19.8. The summed E-state index contributed by atoms with van der Waals surface area (Å²) in [5.41, 5.74) is 1.50. The van der Waals surface area contributed by atoms with Crippen LogP contribution in [0.5, 0.6) is 11.5 Å². The van der Waals surface area contributed by atoms with Gasteiger partial charge < -0.3 is 14.6 Å². The van der Waals surface area contributed by atoms with Crippen molar-refractivity contribution in [3.05, 3.63) is 87.7 Å². The lowest BCUT2D eigenvalue weighted by molar-refractivity contribution is -0.144. The molecule has 9 heteroatoms. The number of aromatic nitrogens is 2. The third-order valence-corrected chi connectivity index (χ3v) is 5.36. The lowest BCUT2D eigenvalue weighted by Gasteiger charge is -2.16. The molecule has 1 atom stereocenters. The maximum absolute atomic E-state index is 13.3. The Bertz CT molecular complexity index is 1470.